The van der Waals surface area contributed by atoms with Gasteiger partial charge in [-0.05, 0) is 43.4 Å². The van der Waals surface area contributed by atoms with Gasteiger partial charge in [0.2, 0.25) is 0 Å². The van der Waals surface area contributed by atoms with Gasteiger partial charge < -0.3 is 4.84 Å². The van der Waals surface area contributed by atoms with Gasteiger partial charge in [-0.3, -0.25) is 0 Å². The first kappa shape index (κ1) is 11.1. The molecule has 0 heterocycles. The Hall–Kier alpha value is -0.380. The molecule has 0 amide bonds. The van der Waals surface area contributed by atoms with Gasteiger partial charge in [-0.2, -0.15) is 0 Å². The van der Waals surface area contributed by atoms with Crippen molar-refractivity contribution in [2.75, 3.05) is 6.61 Å². The van der Waals surface area contributed by atoms with Gasteiger partial charge in [-0.25, -0.2) is 5.90 Å². The van der Waals surface area contributed by atoms with Crippen LogP contribution in [0, 0.1) is 13.8 Å². The van der Waals surface area contributed by atoms with Crippen molar-refractivity contribution in [3.63, 3.8) is 0 Å². The topological polar surface area (TPSA) is 35.2 Å². The number of hydrogen-bond acceptors (Lipinski definition) is 2. The van der Waals surface area contributed by atoms with Gasteiger partial charge in [0.05, 0.1) is 6.61 Å². The average molecular weight is 270 g/mol. The van der Waals surface area contributed by atoms with Crippen LogP contribution in [0.3, 0.4) is 0 Å². The molecule has 82 valence electrons. The lowest BCUT2D eigenvalue weighted by atomic mass is 9.93. The van der Waals surface area contributed by atoms with Gasteiger partial charge in [0.25, 0.3) is 0 Å². The summed E-state index contributed by atoms with van der Waals surface area (Å²) < 4.78 is 1.20. The highest BCUT2D eigenvalue weighted by Crippen LogP contribution is 2.49. The first-order chi connectivity index (χ1) is 7.09. The molecule has 2 N–H and O–H groups in total. The summed E-state index contributed by atoms with van der Waals surface area (Å²) in [5, 5.41) is 0. The van der Waals surface area contributed by atoms with Gasteiger partial charge in [0.15, 0.2) is 0 Å². The molecule has 0 bridgehead atoms. The molecule has 3 heteroatoms. The van der Waals surface area contributed by atoms with Crippen LogP contribution >= 0.6 is 15.9 Å². The number of hydrogen-bond donors (Lipinski definition) is 1. The maximum atomic E-state index is 5.19. The highest BCUT2D eigenvalue weighted by molar-refractivity contribution is 9.10. The van der Waals surface area contributed by atoms with E-state index >= 15 is 0 Å². The molecule has 15 heavy (non-hydrogen) atoms. The molecule has 1 saturated carbocycles. The van der Waals surface area contributed by atoms with Gasteiger partial charge in [-0.15, -0.1) is 0 Å². The van der Waals surface area contributed by atoms with E-state index in [0.29, 0.717) is 6.61 Å². The molecule has 2 nitrogen and oxygen atoms in total. The van der Waals surface area contributed by atoms with Crippen molar-refractivity contribution in [2.45, 2.75) is 32.1 Å². The molecule has 0 saturated heterocycles. The normalized spacial score (nSPS) is 17.9. The van der Waals surface area contributed by atoms with Gasteiger partial charge in [-0.1, -0.05) is 28.1 Å². The predicted molar refractivity (Wildman–Crippen MR) is 64.7 cm³/mol. The van der Waals surface area contributed by atoms with E-state index in [-0.39, 0.29) is 5.41 Å². The standard InChI is InChI=1S/C12H16BrNO/c1-8-5-10(6-9(2)11(8)13)12(3-4-12)7-15-14/h5-6H,3-4,7,14H2,1-2H3. The van der Waals surface area contributed by atoms with E-state index in [1.165, 1.54) is 34.0 Å². The average Bonchev–Trinajstić information content (AvgIpc) is 2.95. The Bertz CT molecular complexity index is 362. The van der Waals surface area contributed by atoms with Crippen LogP contribution < -0.4 is 5.90 Å². The lowest BCUT2D eigenvalue weighted by Gasteiger charge is -2.16. The molecule has 1 aromatic rings. The molecule has 0 aromatic heterocycles. The summed E-state index contributed by atoms with van der Waals surface area (Å²) in [6.07, 6.45) is 2.37. The van der Waals surface area contributed by atoms with Gasteiger partial charge >= 0.3 is 0 Å². The first-order valence-corrected chi connectivity index (χ1v) is 5.97. The summed E-state index contributed by atoms with van der Waals surface area (Å²) in [6.45, 7) is 4.88. The summed E-state index contributed by atoms with van der Waals surface area (Å²) in [6, 6.07) is 4.48. The van der Waals surface area contributed by atoms with Crippen molar-refractivity contribution in [3.05, 3.63) is 33.3 Å². The highest BCUT2D eigenvalue weighted by atomic mass is 79.9. The van der Waals surface area contributed by atoms with Gasteiger partial charge in [0.1, 0.15) is 0 Å². The zero-order valence-electron chi connectivity index (χ0n) is 9.14. The van der Waals surface area contributed by atoms with E-state index in [9.17, 15) is 0 Å². The summed E-state index contributed by atoms with van der Waals surface area (Å²) in [7, 11) is 0. The maximum absolute atomic E-state index is 5.19. The minimum absolute atomic E-state index is 0.199. The fourth-order valence-corrected chi connectivity index (χ4v) is 2.31. The Morgan fingerprint density at radius 2 is 1.87 bits per heavy atom. The van der Waals surface area contributed by atoms with Crippen LogP contribution in [0.25, 0.3) is 0 Å². The number of nitrogens with two attached hydrogens (primary N) is 1. The Morgan fingerprint density at radius 1 is 1.33 bits per heavy atom. The molecule has 0 aliphatic heterocycles. The highest BCUT2D eigenvalue weighted by Gasteiger charge is 2.44. The van der Waals surface area contributed by atoms with E-state index in [1.807, 2.05) is 0 Å². The maximum Gasteiger partial charge on any atom is 0.0775 e. The minimum Gasteiger partial charge on any atom is -0.304 e. The first-order valence-electron chi connectivity index (χ1n) is 5.18. The van der Waals surface area contributed by atoms with Crippen LogP contribution in [0.5, 0.6) is 0 Å². The fourth-order valence-electron chi connectivity index (χ4n) is 2.08. The van der Waals surface area contributed by atoms with Crippen molar-refractivity contribution in [1.82, 2.24) is 0 Å². The largest absolute Gasteiger partial charge is 0.304 e. The molecule has 0 spiro atoms. The summed E-state index contributed by atoms with van der Waals surface area (Å²) in [5.74, 6) is 5.19. The minimum atomic E-state index is 0.199. The van der Waals surface area contributed by atoms with Crippen molar-refractivity contribution < 1.29 is 4.84 Å². The predicted octanol–water partition coefficient (Wildman–Crippen LogP) is 2.99. The second-order valence-electron chi connectivity index (χ2n) is 4.52. The Kier molecular flexibility index (Phi) is 2.88. The lowest BCUT2D eigenvalue weighted by molar-refractivity contribution is 0.116. The van der Waals surface area contributed by atoms with Crippen LogP contribution in [0.15, 0.2) is 16.6 Å². The van der Waals surface area contributed by atoms with E-state index in [4.69, 9.17) is 10.7 Å². The third-order valence-electron chi connectivity index (χ3n) is 3.26. The smallest absolute Gasteiger partial charge is 0.0775 e. The molecule has 0 unspecified atom stereocenters. The monoisotopic (exact) mass is 269 g/mol. The van der Waals surface area contributed by atoms with Crippen LogP contribution in [-0.2, 0) is 10.3 Å². The fraction of sp³-hybridized carbons (Fsp3) is 0.500. The number of rotatable bonds is 3. The van der Waals surface area contributed by atoms with Crippen LogP contribution in [0.4, 0.5) is 0 Å². The Balaban J connectivity index is 2.37. The molecule has 1 aliphatic carbocycles. The Morgan fingerprint density at radius 3 is 2.27 bits per heavy atom. The number of halogens is 1. The number of benzene rings is 1. The Labute approximate surface area is 98.9 Å². The van der Waals surface area contributed by atoms with E-state index in [2.05, 4.69) is 41.9 Å². The van der Waals surface area contributed by atoms with Crippen molar-refractivity contribution in [1.29, 1.82) is 0 Å². The summed E-state index contributed by atoms with van der Waals surface area (Å²) >= 11 is 3.58. The van der Waals surface area contributed by atoms with Crippen LogP contribution in [0.2, 0.25) is 0 Å². The van der Waals surface area contributed by atoms with Crippen molar-refractivity contribution in [3.8, 4) is 0 Å². The SMILES string of the molecule is Cc1cc(C2(CON)CC2)cc(C)c1Br. The van der Waals surface area contributed by atoms with Crippen LogP contribution in [0.1, 0.15) is 29.5 Å². The van der Waals surface area contributed by atoms with E-state index < -0.39 is 0 Å². The molecule has 1 aromatic carbocycles. The summed E-state index contributed by atoms with van der Waals surface area (Å²) in [4.78, 5) is 4.82. The third kappa shape index (κ3) is 1.96. The molecule has 1 aliphatic rings. The second kappa shape index (κ2) is 3.89. The molecular weight excluding hydrogens is 254 g/mol. The molecule has 0 radical (unpaired) electrons. The zero-order chi connectivity index (χ0) is 11.1. The second-order valence-corrected chi connectivity index (χ2v) is 5.31. The van der Waals surface area contributed by atoms with Crippen molar-refractivity contribution >= 4 is 15.9 Å². The summed E-state index contributed by atoms with van der Waals surface area (Å²) in [5.41, 5.74) is 4.14. The molecule has 1 fully saturated rings. The molecule has 0 atom stereocenters. The molecule has 2 rings (SSSR count). The van der Waals surface area contributed by atoms with E-state index in [1.54, 1.807) is 0 Å². The third-order valence-corrected chi connectivity index (χ3v) is 4.51. The number of aryl methyl sites for hydroxylation is 2. The molecular formula is C12H16BrNO. The van der Waals surface area contributed by atoms with Crippen LogP contribution in [-0.4, -0.2) is 6.61 Å². The quantitative estimate of drug-likeness (QED) is 0.857. The van der Waals surface area contributed by atoms with Gasteiger partial charge in [0, 0.05) is 9.89 Å². The lowest BCUT2D eigenvalue weighted by Crippen LogP contribution is -2.18. The van der Waals surface area contributed by atoms with Crippen molar-refractivity contribution in [2.24, 2.45) is 5.90 Å². The zero-order valence-corrected chi connectivity index (χ0v) is 10.7. The van der Waals surface area contributed by atoms with E-state index in [0.717, 1.165) is 0 Å².